The Morgan fingerprint density at radius 1 is 0.904 bits per heavy atom. The van der Waals surface area contributed by atoms with Crippen LogP contribution in [0.5, 0.6) is 0 Å². The third-order valence-corrected chi connectivity index (χ3v) is 7.89. The number of carbonyl (C=O) groups excluding carboxylic acids is 2. The molecule has 1 saturated heterocycles. The highest BCUT2D eigenvalue weighted by Gasteiger charge is 2.38. The summed E-state index contributed by atoms with van der Waals surface area (Å²) in [7, 11) is 0.995. The zero-order valence-electron chi connectivity index (χ0n) is 27.6. The minimum absolute atomic E-state index is 0.0575. The van der Waals surface area contributed by atoms with E-state index in [1.165, 1.54) is 19.3 Å². The van der Waals surface area contributed by atoms with Gasteiger partial charge in [0.2, 0.25) is 5.95 Å². The molecule has 4 rings (SSSR count). The second-order valence-corrected chi connectivity index (χ2v) is 11.4. The number of hydrogen-bond donors (Lipinski definition) is 2. The molecule has 0 spiro atoms. The van der Waals surface area contributed by atoms with E-state index >= 15 is 0 Å². The largest absolute Gasteiger partial charge is 0.467 e. The number of esters is 1. The van der Waals surface area contributed by atoms with E-state index in [9.17, 15) is 54.2 Å². The smallest absolute Gasteiger partial charge is 0.416 e. The van der Waals surface area contributed by atoms with Crippen molar-refractivity contribution in [3.8, 4) is 0 Å². The van der Waals surface area contributed by atoms with Crippen LogP contribution in [-0.4, -0.2) is 79.7 Å². The van der Waals surface area contributed by atoms with Gasteiger partial charge in [0.1, 0.15) is 0 Å². The molecule has 1 aliphatic heterocycles. The van der Waals surface area contributed by atoms with Gasteiger partial charge in [-0.3, -0.25) is 4.90 Å². The van der Waals surface area contributed by atoms with Crippen molar-refractivity contribution in [1.82, 2.24) is 15.3 Å². The van der Waals surface area contributed by atoms with Crippen molar-refractivity contribution in [3.05, 3.63) is 76.6 Å². The number of alkyl halides is 9. The number of hydrogen-bond acceptors (Lipinski definition) is 9. The second kappa shape index (κ2) is 16.2. The number of ether oxygens (including phenoxy) is 2. The molecule has 52 heavy (non-hydrogen) atoms. The summed E-state index contributed by atoms with van der Waals surface area (Å²) in [6.45, 7) is 0.631. The lowest BCUT2D eigenvalue weighted by atomic mass is 10.0. The van der Waals surface area contributed by atoms with E-state index in [1.807, 2.05) is 4.90 Å². The van der Waals surface area contributed by atoms with Gasteiger partial charge < -0.3 is 29.7 Å². The monoisotopic (exact) mass is 752 g/mol. The molecule has 20 heteroatoms. The summed E-state index contributed by atoms with van der Waals surface area (Å²) in [5.74, 6) is -1.30. The van der Waals surface area contributed by atoms with E-state index in [2.05, 4.69) is 20.0 Å². The van der Waals surface area contributed by atoms with Gasteiger partial charge in [-0.2, -0.15) is 39.5 Å². The maximum Gasteiger partial charge on any atom is 0.416 e. The van der Waals surface area contributed by atoms with E-state index in [0.29, 0.717) is 56.3 Å². The van der Waals surface area contributed by atoms with Crippen molar-refractivity contribution in [1.29, 1.82) is 0 Å². The average molecular weight is 753 g/mol. The summed E-state index contributed by atoms with van der Waals surface area (Å²) in [6, 6.07) is 0.575. The number of carbonyl (C=O) groups is 2. The lowest BCUT2D eigenvalue weighted by molar-refractivity contribution is -0.144. The molecule has 1 aliphatic rings. The van der Waals surface area contributed by atoms with Gasteiger partial charge in [-0.1, -0.05) is 0 Å². The Balaban J connectivity index is 1.85. The highest BCUT2D eigenvalue weighted by atomic mass is 19.4. The number of rotatable bonds is 11. The van der Waals surface area contributed by atoms with E-state index < -0.39 is 78.5 Å². The number of amides is 2. The van der Waals surface area contributed by atoms with Crippen LogP contribution in [0, 0.1) is 0 Å². The van der Waals surface area contributed by atoms with Crippen LogP contribution in [-0.2, 0) is 45.9 Å². The van der Waals surface area contributed by atoms with Gasteiger partial charge >= 0.3 is 30.5 Å². The molecule has 0 aliphatic carbocycles. The quantitative estimate of drug-likeness (QED) is 0.189. The fourth-order valence-electron chi connectivity index (χ4n) is 5.32. The molecule has 2 aromatic carbocycles. The van der Waals surface area contributed by atoms with Gasteiger partial charge in [0.15, 0.2) is 6.04 Å². The van der Waals surface area contributed by atoms with Gasteiger partial charge in [0, 0.05) is 32.7 Å². The first-order chi connectivity index (χ1) is 24.3. The van der Waals surface area contributed by atoms with Gasteiger partial charge in [-0.15, -0.1) is 0 Å². The number of nitrogens with zero attached hydrogens (tertiary/aromatic N) is 5. The summed E-state index contributed by atoms with van der Waals surface area (Å²) in [5.41, 5.74) is -4.88. The van der Waals surface area contributed by atoms with Crippen LogP contribution >= 0.6 is 0 Å². The van der Waals surface area contributed by atoms with Crippen molar-refractivity contribution in [2.75, 3.05) is 61.3 Å². The van der Waals surface area contributed by atoms with Crippen molar-refractivity contribution in [2.24, 2.45) is 0 Å². The highest BCUT2D eigenvalue weighted by molar-refractivity contribution is 5.95. The van der Waals surface area contributed by atoms with Crippen LogP contribution in [0.4, 0.5) is 61.6 Å². The number of nitrogens with one attached hydrogen (secondary N) is 1. The normalized spacial score (nSPS) is 14.5. The average Bonchev–Trinajstić information content (AvgIpc) is 3.10. The summed E-state index contributed by atoms with van der Waals surface area (Å²) in [5, 5.41) is 11.8. The van der Waals surface area contributed by atoms with Crippen LogP contribution in [0.3, 0.4) is 0 Å². The number of aliphatic hydroxyl groups excluding tert-OH is 1. The number of morpholine rings is 1. The molecule has 2 heterocycles. The third kappa shape index (κ3) is 9.93. The first kappa shape index (κ1) is 39.9. The highest BCUT2D eigenvalue weighted by Crippen LogP contribution is 2.38. The van der Waals surface area contributed by atoms with Crippen LogP contribution in [0.15, 0.2) is 48.8 Å². The SMILES string of the molecule is CCN(C(=O)NC(CO)C(=O)OC)c1ccc(C(F)(F)F)cc1CN(Cc1cc(C(F)(F)F)cc(C(F)(F)F)c1)c1ncc(N2CCOCC2)cn1. The Bertz CT molecular complexity index is 1670. The fourth-order valence-corrected chi connectivity index (χ4v) is 5.32. The Morgan fingerprint density at radius 2 is 1.48 bits per heavy atom. The van der Waals surface area contributed by atoms with Gasteiger partial charge in [-0.05, 0) is 54.4 Å². The van der Waals surface area contributed by atoms with Gasteiger partial charge in [0.05, 0.1) is 67.4 Å². The molecule has 284 valence electrons. The van der Waals surface area contributed by atoms with Crippen molar-refractivity contribution < 1.29 is 63.7 Å². The first-order valence-electron chi connectivity index (χ1n) is 15.5. The van der Waals surface area contributed by atoms with E-state index in [4.69, 9.17) is 4.74 Å². The van der Waals surface area contributed by atoms with Gasteiger partial charge in [-0.25, -0.2) is 19.6 Å². The van der Waals surface area contributed by atoms with E-state index in [1.54, 1.807) is 0 Å². The zero-order chi connectivity index (χ0) is 38.4. The van der Waals surface area contributed by atoms with Crippen molar-refractivity contribution in [2.45, 2.75) is 44.6 Å². The van der Waals surface area contributed by atoms with Crippen LogP contribution in [0.25, 0.3) is 0 Å². The summed E-state index contributed by atoms with van der Waals surface area (Å²) < 4.78 is 134. The molecule has 0 radical (unpaired) electrons. The molecule has 1 aromatic heterocycles. The molecule has 1 fully saturated rings. The number of methoxy groups -OCH3 is 1. The molecule has 0 saturated carbocycles. The Kier molecular flexibility index (Phi) is 12.5. The van der Waals surface area contributed by atoms with Gasteiger partial charge in [0.25, 0.3) is 0 Å². The van der Waals surface area contributed by atoms with Crippen LogP contribution in [0.2, 0.25) is 0 Å². The predicted octanol–water partition coefficient (Wildman–Crippen LogP) is 5.65. The molecule has 1 unspecified atom stereocenters. The maximum absolute atomic E-state index is 14.0. The Labute approximate surface area is 290 Å². The molecule has 2 N–H and O–H groups in total. The summed E-state index contributed by atoms with van der Waals surface area (Å²) >= 11 is 0. The standard InChI is InChI=1S/C32H33F9N6O5/c1-3-47(29(50)44-25(18-48)27(49)51-2)26-5-4-21(30(33,34)35)12-20(26)17-46(28-42-14-24(15-43-28)45-6-8-52-9-7-45)16-19-10-22(31(36,37)38)13-23(11-19)32(39,40)41/h4-5,10-15,25,48H,3,6-9,16-18H2,1-2H3,(H,44,50). The topological polar surface area (TPSA) is 120 Å². The summed E-state index contributed by atoms with van der Waals surface area (Å²) in [6.07, 6.45) is -12.6. The molecule has 0 bridgehead atoms. The number of anilines is 3. The molecule has 2 amide bonds. The third-order valence-electron chi connectivity index (χ3n) is 7.89. The molecule has 3 aromatic rings. The Hall–Kier alpha value is -4.85. The van der Waals surface area contributed by atoms with Crippen LogP contribution < -0.4 is 20.0 Å². The van der Waals surface area contributed by atoms with E-state index in [0.717, 1.165) is 23.0 Å². The molecular formula is C32H33F9N6O5. The number of aliphatic hydroxyl groups is 1. The first-order valence-corrected chi connectivity index (χ1v) is 15.5. The van der Waals surface area contributed by atoms with Crippen molar-refractivity contribution >= 4 is 29.3 Å². The fraction of sp³-hybridized carbons (Fsp3) is 0.438. The molecular weight excluding hydrogens is 719 g/mol. The number of aromatic nitrogens is 2. The minimum Gasteiger partial charge on any atom is -0.467 e. The molecule has 11 nitrogen and oxygen atoms in total. The second-order valence-electron chi connectivity index (χ2n) is 11.4. The number of halogens is 9. The Morgan fingerprint density at radius 3 is 1.98 bits per heavy atom. The van der Waals surface area contributed by atoms with Crippen LogP contribution in [0.1, 0.15) is 34.7 Å². The lowest BCUT2D eigenvalue weighted by Crippen LogP contribution is -2.50. The summed E-state index contributed by atoms with van der Waals surface area (Å²) in [4.78, 5) is 37.7. The maximum atomic E-state index is 14.0. The lowest BCUT2D eigenvalue weighted by Gasteiger charge is -2.30. The van der Waals surface area contributed by atoms with E-state index in [-0.39, 0.29) is 29.8 Å². The predicted molar refractivity (Wildman–Crippen MR) is 167 cm³/mol. The number of benzene rings is 2. The number of urea groups is 1. The minimum atomic E-state index is -5.18. The zero-order valence-corrected chi connectivity index (χ0v) is 27.6. The van der Waals surface area contributed by atoms with Crippen molar-refractivity contribution in [3.63, 3.8) is 0 Å². The molecule has 1 atom stereocenters.